The first-order chi connectivity index (χ1) is 8.58. The van der Waals surface area contributed by atoms with E-state index in [1.807, 2.05) is 19.1 Å². The Hall–Kier alpha value is -1.18. The number of carbonyl (C=O) groups is 1. The van der Waals surface area contributed by atoms with Crippen LogP contribution in [0, 0.1) is 24.7 Å². The fraction of sp³-hybridized carbons (Fsp3) is 0.625. The summed E-state index contributed by atoms with van der Waals surface area (Å²) in [5, 5.41) is 0. The maximum Gasteiger partial charge on any atom is 0.167 e. The van der Waals surface area contributed by atoms with E-state index >= 15 is 0 Å². The molecule has 0 spiro atoms. The molecule has 1 saturated carbocycles. The summed E-state index contributed by atoms with van der Waals surface area (Å²) in [6.45, 7) is 6.52. The molecule has 18 heavy (non-hydrogen) atoms. The van der Waals surface area contributed by atoms with Crippen molar-refractivity contribution in [2.24, 2.45) is 17.8 Å². The highest BCUT2D eigenvalue weighted by Crippen LogP contribution is 2.34. The standard InChI is InChI=1S/C16H23NO/c1-11(2)13-6-8-14(9-7-13)16(18)15-5-4-12(3)17-10-15/h4-5,10-11,13-14H,6-9H2,1-3H3. The molecule has 1 aromatic heterocycles. The van der Waals surface area contributed by atoms with E-state index in [0.717, 1.165) is 35.9 Å². The van der Waals surface area contributed by atoms with Crippen molar-refractivity contribution in [3.8, 4) is 0 Å². The first kappa shape index (κ1) is 13.3. The van der Waals surface area contributed by atoms with Gasteiger partial charge in [-0.3, -0.25) is 9.78 Å². The molecule has 0 radical (unpaired) electrons. The topological polar surface area (TPSA) is 30.0 Å². The van der Waals surface area contributed by atoms with Crippen LogP contribution < -0.4 is 0 Å². The maximum atomic E-state index is 12.3. The lowest BCUT2D eigenvalue weighted by Crippen LogP contribution is -2.24. The highest BCUT2D eigenvalue weighted by molar-refractivity contribution is 5.97. The summed E-state index contributed by atoms with van der Waals surface area (Å²) in [4.78, 5) is 16.6. The number of hydrogen-bond donors (Lipinski definition) is 0. The molecule has 0 aromatic carbocycles. The van der Waals surface area contributed by atoms with Gasteiger partial charge in [-0.25, -0.2) is 0 Å². The molecule has 0 aliphatic heterocycles. The van der Waals surface area contributed by atoms with Gasteiger partial charge in [-0.2, -0.15) is 0 Å². The Morgan fingerprint density at radius 2 is 1.89 bits per heavy atom. The minimum Gasteiger partial charge on any atom is -0.294 e. The smallest absolute Gasteiger partial charge is 0.167 e. The second-order valence-corrected chi connectivity index (χ2v) is 5.91. The molecule has 0 saturated heterocycles. The molecule has 1 aliphatic rings. The molecular weight excluding hydrogens is 222 g/mol. The molecule has 0 bridgehead atoms. The van der Waals surface area contributed by atoms with Gasteiger partial charge in [0, 0.05) is 23.4 Å². The third-order valence-electron chi connectivity index (χ3n) is 4.28. The Labute approximate surface area is 110 Å². The van der Waals surface area contributed by atoms with Crippen molar-refractivity contribution in [1.82, 2.24) is 4.98 Å². The minimum absolute atomic E-state index is 0.226. The van der Waals surface area contributed by atoms with Crippen LogP contribution >= 0.6 is 0 Å². The Morgan fingerprint density at radius 3 is 2.39 bits per heavy atom. The zero-order valence-electron chi connectivity index (χ0n) is 11.6. The number of Topliss-reactive ketones (excluding diaryl/α,β-unsaturated/α-hetero) is 1. The average molecular weight is 245 g/mol. The molecule has 0 amide bonds. The van der Waals surface area contributed by atoms with Crippen molar-refractivity contribution in [2.45, 2.75) is 46.5 Å². The first-order valence-corrected chi connectivity index (χ1v) is 7.04. The van der Waals surface area contributed by atoms with E-state index in [1.165, 1.54) is 12.8 Å². The lowest BCUT2D eigenvalue weighted by Gasteiger charge is -2.30. The molecule has 0 unspecified atom stereocenters. The Morgan fingerprint density at radius 1 is 1.22 bits per heavy atom. The zero-order valence-corrected chi connectivity index (χ0v) is 11.6. The summed E-state index contributed by atoms with van der Waals surface area (Å²) >= 11 is 0. The van der Waals surface area contributed by atoms with Crippen molar-refractivity contribution in [2.75, 3.05) is 0 Å². The van der Waals surface area contributed by atoms with Crippen LogP contribution in [0.3, 0.4) is 0 Å². The largest absolute Gasteiger partial charge is 0.294 e. The van der Waals surface area contributed by atoms with Gasteiger partial charge in [0.1, 0.15) is 0 Å². The summed E-state index contributed by atoms with van der Waals surface area (Å²) in [7, 11) is 0. The summed E-state index contributed by atoms with van der Waals surface area (Å²) < 4.78 is 0. The van der Waals surface area contributed by atoms with E-state index in [4.69, 9.17) is 0 Å². The van der Waals surface area contributed by atoms with Crippen LogP contribution in [-0.2, 0) is 0 Å². The van der Waals surface area contributed by atoms with E-state index < -0.39 is 0 Å². The normalized spacial score (nSPS) is 24.2. The van der Waals surface area contributed by atoms with Gasteiger partial charge < -0.3 is 0 Å². The van der Waals surface area contributed by atoms with Gasteiger partial charge in [-0.1, -0.05) is 13.8 Å². The molecule has 1 fully saturated rings. The Bertz CT molecular complexity index is 400. The van der Waals surface area contributed by atoms with E-state index in [1.54, 1.807) is 6.20 Å². The highest BCUT2D eigenvalue weighted by Gasteiger charge is 2.28. The van der Waals surface area contributed by atoms with Crippen molar-refractivity contribution in [3.63, 3.8) is 0 Å². The fourth-order valence-corrected chi connectivity index (χ4v) is 2.90. The molecule has 98 valence electrons. The van der Waals surface area contributed by atoms with E-state index in [-0.39, 0.29) is 5.92 Å². The molecule has 1 heterocycles. The maximum absolute atomic E-state index is 12.3. The first-order valence-electron chi connectivity index (χ1n) is 7.04. The van der Waals surface area contributed by atoms with Crippen LogP contribution in [0.25, 0.3) is 0 Å². The van der Waals surface area contributed by atoms with Gasteiger partial charge in [0.25, 0.3) is 0 Å². The van der Waals surface area contributed by atoms with Crippen molar-refractivity contribution in [1.29, 1.82) is 0 Å². The predicted molar refractivity (Wildman–Crippen MR) is 73.6 cm³/mol. The number of ketones is 1. The lowest BCUT2D eigenvalue weighted by atomic mass is 9.75. The Kier molecular flexibility index (Phi) is 4.15. The fourth-order valence-electron chi connectivity index (χ4n) is 2.90. The zero-order chi connectivity index (χ0) is 13.1. The molecule has 2 heteroatoms. The van der Waals surface area contributed by atoms with Crippen LogP contribution in [0.4, 0.5) is 0 Å². The predicted octanol–water partition coefficient (Wildman–Crippen LogP) is 4.04. The lowest BCUT2D eigenvalue weighted by molar-refractivity contribution is 0.0858. The van der Waals surface area contributed by atoms with Crippen LogP contribution in [0.1, 0.15) is 55.6 Å². The van der Waals surface area contributed by atoms with Crippen LogP contribution in [0.15, 0.2) is 18.3 Å². The van der Waals surface area contributed by atoms with Crippen LogP contribution in [0.2, 0.25) is 0 Å². The number of rotatable bonds is 3. The van der Waals surface area contributed by atoms with Gasteiger partial charge in [-0.15, -0.1) is 0 Å². The summed E-state index contributed by atoms with van der Waals surface area (Å²) in [5.74, 6) is 2.08. The quantitative estimate of drug-likeness (QED) is 0.752. The van der Waals surface area contributed by atoms with Gasteiger partial charge in [0.15, 0.2) is 5.78 Å². The number of carbonyl (C=O) groups excluding carboxylic acids is 1. The number of nitrogens with zero attached hydrogens (tertiary/aromatic N) is 1. The van der Waals surface area contributed by atoms with E-state index in [9.17, 15) is 4.79 Å². The molecule has 0 N–H and O–H groups in total. The monoisotopic (exact) mass is 245 g/mol. The molecule has 1 aliphatic carbocycles. The number of aryl methyl sites for hydroxylation is 1. The van der Waals surface area contributed by atoms with E-state index in [2.05, 4.69) is 18.8 Å². The third kappa shape index (κ3) is 2.98. The van der Waals surface area contributed by atoms with Crippen LogP contribution in [0.5, 0.6) is 0 Å². The molecular formula is C16H23NO. The van der Waals surface area contributed by atoms with E-state index in [0.29, 0.717) is 5.78 Å². The van der Waals surface area contributed by atoms with Gasteiger partial charge in [0.2, 0.25) is 0 Å². The third-order valence-corrected chi connectivity index (χ3v) is 4.28. The number of pyridine rings is 1. The van der Waals surface area contributed by atoms with Crippen molar-refractivity contribution in [3.05, 3.63) is 29.6 Å². The van der Waals surface area contributed by atoms with Crippen molar-refractivity contribution < 1.29 is 4.79 Å². The molecule has 2 rings (SSSR count). The van der Waals surface area contributed by atoms with Crippen molar-refractivity contribution >= 4 is 5.78 Å². The highest BCUT2D eigenvalue weighted by atomic mass is 16.1. The number of hydrogen-bond acceptors (Lipinski definition) is 2. The summed E-state index contributed by atoms with van der Waals surface area (Å²) in [5.41, 5.74) is 1.75. The van der Waals surface area contributed by atoms with Gasteiger partial charge >= 0.3 is 0 Å². The summed E-state index contributed by atoms with van der Waals surface area (Å²) in [6.07, 6.45) is 6.23. The minimum atomic E-state index is 0.226. The summed E-state index contributed by atoms with van der Waals surface area (Å²) in [6, 6.07) is 3.84. The molecule has 2 nitrogen and oxygen atoms in total. The second kappa shape index (κ2) is 5.64. The SMILES string of the molecule is Cc1ccc(C(=O)C2CCC(C(C)C)CC2)cn1. The number of aromatic nitrogens is 1. The average Bonchev–Trinajstić information content (AvgIpc) is 2.39. The second-order valence-electron chi connectivity index (χ2n) is 5.91. The van der Waals surface area contributed by atoms with Gasteiger partial charge in [0.05, 0.1) is 0 Å². The molecule has 0 atom stereocenters. The van der Waals surface area contributed by atoms with Gasteiger partial charge in [-0.05, 0) is 56.6 Å². The molecule has 1 aromatic rings. The van der Waals surface area contributed by atoms with Crippen LogP contribution in [-0.4, -0.2) is 10.8 Å². The Balaban J connectivity index is 1.97.